The molecule has 1 aromatic carbocycles. The van der Waals surface area contributed by atoms with Gasteiger partial charge in [-0.2, -0.15) is 0 Å². The molecule has 0 aliphatic carbocycles. The van der Waals surface area contributed by atoms with Crippen LogP contribution in [0, 0.1) is 6.92 Å². The standard InChI is InChI=1S/C11H12O2/c1-10-5-2-3-6-11(10)7-4-8-13-9-12/h2-7,9H,8H2,1H3. The number of ether oxygens (including phenoxy) is 1. The molecule has 0 aliphatic rings. The lowest BCUT2D eigenvalue weighted by Crippen LogP contribution is -1.86. The summed E-state index contributed by atoms with van der Waals surface area (Å²) < 4.78 is 4.53. The van der Waals surface area contributed by atoms with E-state index in [0.29, 0.717) is 13.1 Å². The van der Waals surface area contributed by atoms with E-state index >= 15 is 0 Å². The molecule has 2 heteroatoms. The van der Waals surface area contributed by atoms with Crippen molar-refractivity contribution in [3.63, 3.8) is 0 Å². The maximum atomic E-state index is 9.83. The Hall–Kier alpha value is -1.57. The Labute approximate surface area is 77.8 Å². The van der Waals surface area contributed by atoms with Crippen LogP contribution in [0.4, 0.5) is 0 Å². The summed E-state index contributed by atoms with van der Waals surface area (Å²) in [6.07, 6.45) is 3.76. The van der Waals surface area contributed by atoms with Crippen molar-refractivity contribution in [2.45, 2.75) is 6.92 Å². The van der Waals surface area contributed by atoms with E-state index in [2.05, 4.69) is 4.74 Å². The minimum absolute atomic E-state index is 0.331. The van der Waals surface area contributed by atoms with E-state index in [9.17, 15) is 4.79 Å². The molecule has 0 atom stereocenters. The van der Waals surface area contributed by atoms with Crippen LogP contribution in [0.5, 0.6) is 0 Å². The molecule has 0 amide bonds. The molecule has 2 nitrogen and oxygen atoms in total. The van der Waals surface area contributed by atoms with Crippen molar-refractivity contribution in [2.75, 3.05) is 6.61 Å². The van der Waals surface area contributed by atoms with Gasteiger partial charge in [-0.25, -0.2) is 0 Å². The molecular formula is C11H12O2. The molecule has 0 spiro atoms. The van der Waals surface area contributed by atoms with Gasteiger partial charge >= 0.3 is 0 Å². The van der Waals surface area contributed by atoms with E-state index in [4.69, 9.17) is 0 Å². The van der Waals surface area contributed by atoms with Crippen LogP contribution in [-0.2, 0) is 9.53 Å². The highest BCUT2D eigenvalue weighted by Gasteiger charge is 1.89. The van der Waals surface area contributed by atoms with E-state index < -0.39 is 0 Å². The third kappa shape index (κ3) is 3.11. The first-order valence-electron chi connectivity index (χ1n) is 4.12. The summed E-state index contributed by atoms with van der Waals surface area (Å²) in [4.78, 5) is 9.83. The van der Waals surface area contributed by atoms with Gasteiger partial charge in [0.2, 0.25) is 0 Å². The Morgan fingerprint density at radius 1 is 1.38 bits per heavy atom. The first-order chi connectivity index (χ1) is 6.34. The average Bonchev–Trinajstić information content (AvgIpc) is 2.15. The number of benzene rings is 1. The highest BCUT2D eigenvalue weighted by molar-refractivity contribution is 5.53. The number of rotatable bonds is 4. The number of carbonyl (C=O) groups excluding carboxylic acids is 1. The minimum atomic E-state index is 0.331. The third-order valence-electron chi connectivity index (χ3n) is 1.75. The Bertz CT molecular complexity index is 303. The van der Waals surface area contributed by atoms with Crippen LogP contribution >= 0.6 is 0 Å². The molecule has 0 radical (unpaired) electrons. The van der Waals surface area contributed by atoms with Gasteiger partial charge in [-0.05, 0) is 24.1 Å². The fraction of sp³-hybridized carbons (Fsp3) is 0.182. The lowest BCUT2D eigenvalue weighted by Gasteiger charge is -1.97. The van der Waals surface area contributed by atoms with Gasteiger partial charge in [0.1, 0.15) is 6.61 Å². The lowest BCUT2D eigenvalue weighted by molar-refractivity contribution is -0.127. The Morgan fingerprint density at radius 3 is 2.85 bits per heavy atom. The molecular weight excluding hydrogens is 164 g/mol. The van der Waals surface area contributed by atoms with E-state index in [-0.39, 0.29) is 0 Å². The van der Waals surface area contributed by atoms with Crippen LogP contribution in [-0.4, -0.2) is 13.1 Å². The molecule has 0 bridgehead atoms. The summed E-state index contributed by atoms with van der Waals surface area (Å²) in [7, 11) is 0. The van der Waals surface area contributed by atoms with E-state index in [1.54, 1.807) is 0 Å². The van der Waals surface area contributed by atoms with Crippen LogP contribution in [0.1, 0.15) is 11.1 Å². The molecule has 68 valence electrons. The predicted octanol–water partition coefficient (Wildman–Crippen LogP) is 2.18. The smallest absolute Gasteiger partial charge is 0.293 e. The first kappa shape index (κ1) is 9.52. The zero-order valence-corrected chi connectivity index (χ0v) is 7.57. The van der Waals surface area contributed by atoms with Gasteiger partial charge in [0.25, 0.3) is 6.47 Å². The number of carbonyl (C=O) groups is 1. The molecule has 13 heavy (non-hydrogen) atoms. The number of hydrogen-bond donors (Lipinski definition) is 0. The summed E-state index contributed by atoms with van der Waals surface area (Å²) in [5, 5.41) is 0. The van der Waals surface area contributed by atoms with Gasteiger partial charge in [-0.1, -0.05) is 30.3 Å². The van der Waals surface area contributed by atoms with Crippen molar-refractivity contribution < 1.29 is 9.53 Å². The van der Waals surface area contributed by atoms with Crippen molar-refractivity contribution >= 4 is 12.5 Å². The average molecular weight is 176 g/mol. The predicted molar refractivity (Wildman–Crippen MR) is 52.2 cm³/mol. The van der Waals surface area contributed by atoms with Crippen LogP contribution in [0.15, 0.2) is 30.3 Å². The maximum Gasteiger partial charge on any atom is 0.293 e. The first-order valence-corrected chi connectivity index (χ1v) is 4.12. The van der Waals surface area contributed by atoms with Crippen molar-refractivity contribution in [1.82, 2.24) is 0 Å². The largest absolute Gasteiger partial charge is 0.464 e. The summed E-state index contributed by atoms with van der Waals surface area (Å²) in [5.41, 5.74) is 2.36. The van der Waals surface area contributed by atoms with Crippen molar-refractivity contribution in [2.24, 2.45) is 0 Å². The van der Waals surface area contributed by atoms with Gasteiger partial charge in [0, 0.05) is 0 Å². The Kier molecular flexibility index (Phi) is 3.76. The second kappa shape index (κ2) is 5.14. The number of hydrogen-bond acceptors (Lipinski definition) is 2. The summed E-state index contributed by atoms with van der Waals surface area (Å²) in [6, 6.07) is 8.04. The zero-order chi connectivity index (χ0) is 9.52. The van der Waals surface area contributed by atoms with E-state index in [0.717, 1.165) is 5.56 Å². The Balaban J connectivity index is 2.58. The summed E-state index contributed by atoms with van der Waals surface area (Å²) in [6.45, 7) is 2.82. The molecule has 0 saturated carbocycles. The monoisotopic (exact) mass is 176 g/mol. The van der Waals surface area contributed by atoms with Gasteiger partial charge in [-0.15, -0.1) is 0 Å². The zero-order valence-electron chi connectivity index (χ0n) is 7.57. The van der Waals surface area contributed by atoms with Crippen LogP contribution in [0.3, 0.4) is 0 Å². The van der Waals surface area contributed by atoms with Crippen LogP contribution in [0.2, 0.25) is 0 Å². The van der Waals surface area contributed by atoms with Gasteiger partial charge in [0.05, 0.1) is 0 Å². The van der Waals surface area contributed by atoms with Crippen molar-refractivity contribution in [3.8, 4) is 0 Å². The molecule has 0 fully saturated rings. The topological polar surface area (TPSA) is 26.3 Å². The van der Waals surface area contributed by atoms with Crippen LogP contribution in [0.25, 0.3) is 6.08 Å². The molecule has 0 aromatic heterocycles. The van der Waals surface area contributed by atoms with E-state index in [1.807, 2.05) is 43.3 Å². The molecule has 0 N–H and O–H groups in total. The molecule has 0 heterocycles. The van der Waals surface area contributed by atoms with Gasteiger partial charge < -0.3 is 4.74 Å². The fourth-order valence-electron chi connectivity index (χ4n) is 1.04. The van der Waals surface area contributed by atoms with Gasteiger partial charge in [0.15, 0.2) is 0 Å². The van der Waals surface area contributed by atoms with Crippen molar-refractivity contribution in [1.29, 1.82) is 0 Å². The fourth-order valence-corrected chi connectivity index (χ4v) is 1.04. The summed E-state index contributed by atoms with van der Waals surface area (Å²) in [5.74, 6) is 0. The second-order valence-electron chi connectivity index (χ2n) is 2.69. The molecule has 0 saturated heterocycles. The normalized spacial score (nSPS) is 10.2. The van der Waals surface area contributed by atoms with Crippen LogP contribution < -0.4 is 0 Å². The third-order valence-corrected chi connectivity index (χ3v) is 1.75. The molecule has 0 aliphatic heterocycles. The van der Waals surface area contributed by atoms with Crippen molar-refractivity contribution in [3.05, 3.63) is 41.5 Å². The molecule has 0 unspecified atom stereocenters. The lowest BCUT2D eigenvalue weighted by atomic mass is 10.1. The SMILES string of the molecule is Cc1ccccc1C=CCOC=O. The second-order valence-corrected chi connectivity index (χ2v) is 2.69. The molecule has 1 aromatic rings. The Morgan fingerprint density at radius 2 is 2.15 bits per heavy atom. The van der Waals surface area contributed by atoms with Gasteiger partial charge in [-0.3, -0.25) is 4.79 Å². The summed E-state index contributed by atoms with van der Waals surface area (Å²) >= 11 is 0. The van der Waals surface area contributed by atoms with E-state index in [1.165, 1.54) is 5.56 Å². The quantitative estimate of drug-likeness (QED) is 0.519. The molecule has 1 rings (SSSR count). The highest BCUT2D eigenvalue weighted by atomic mass is 16.5. The maximum absolute atomic E-state index is 9.83. The number of aryl methyl sites for hydroxylation is 1. The highest BCUT2D eigenvalue weighted by Crippen LogP contribution is 2.08. The minimum Gasteiger partial charge on any atom is -0.464 e.